The van der Waals surface area contributed by atoms with Gasteiger partial charge >= 0.3 is 0 Å². The van der Waals surface area contributed by atoms with Gasteiger partial charge in [0.25, 0.3) is 0 Å². The molecule has 0 bridgehead atoms. The zero-order chi connectivity index (χ0) is 14.8. The number of ether oxygens (including phenoxy) is 1. The monoisotopic (exact) mass is 298 g/mol. The highest BCUT2D eigenvalue weighted by molar-refractivity contribution is 7.90. The predicted octanol–water partition coefficient (Wildman–Crippen LogP) is 1.21. The van der Waals surface area contributed by atoms with Crippen LogP contribution in [0.25, 0.3) is 0 Å². The SMILES string of the molecule is COc1ccccc1CN1CCNCC(C)(C)S1(=O)=O. The van der Waals surface area contributed by atoms with Crippen molar-refractivity contribution in [1.82, 2.24) is 9.62 Å². The minimum atomic E-state index is -3.35. The van der Waals surface area contributed by atoms with Crippen molar-refractivity contribution < 1.29 is 13.2 Å². The van der Waals surface area contributed by atoms with Crippen molar-refractivity contribution in [2.75, 3.05) is 26.7 Å². The molecule has 0 spiro atoms. The first-order valence-corrected chi connectivity index (χ1v) is 8.15. The predicted molar refractivity (Wildman–Crippen MR) is 79.3 cm³/mol. The summed E-state index contributed by atoms with van der Waals surface area (Å²) in [5.41, 5.74) is 0.885. The molecule has 0 saturated carbocycles. The van der Waals surface area contributed by atoms with E-state index in [1.54, 1.807) is 25.3 Å². The molecule has 1 fully saturated rings. The lowest BCUT2D eigenvalue weighted by Crippen LogP contribution is -2.46. The van der Waals surface area contributed by atoms with E-state index < -0.39 is 14.8 Å². The molecule has 1 aliphatic heterocycles. The number of nitrogens with zero attached hydrogens (tertiary/aromatic N) is 1. The Bertz CT molecular complexity index is 570. The van der Waals surface area contributed by atoms with Crippen LogP contribution in [0, 0.1) is 0 Å². The van der Waals surface area contributed by atoms with E-state index in [-0.39, 0.29) is 0 Å². The topological polar surface area (TPSA) is 58.6 Å². The zero-order valence-corrected chi connectivity index (χ0v) is 13.0. The molecule has 0 radical (unpaired) electrons. The summed E-state index contributed by atoms with van der Waals surface area (Å²) in [7, 11) is -1.75. The van der Waals surface area contributed by atoms with Crippen LogP contribution >= 0.6 is 0 Å². The maximum absolute atomic E-state index is 12.7. The molecule has 0 aliphatic carbocycles. The third-order valence-corrected chi connectivity index (χ3v) is 6.20. The molecule has 112 valence electrons. The Hall–Kier alpha value is -1.11. The first kappa shape index (κ1) is 15.3. The molecule has 1 aromatic carbocycles. The third kappa shape index (κ3) is 2.82. The highest BCUT2D eigenvalue weighted by Crippen LogP contribution is 2.26. The Balaban J connectivity index is 2.31. The van der Waals surface area contributed by atoms with Gasteiger partial charge in [-0.05, 0) is 19.9 Å². The van der Waals surface area contributed by atoms with E-state index in [1.165, 1.54) is 0 Å². The number of hydrogen-bond donors (Lipinski definition) is 1. The van der Waals surface area contributed by atoms with Gasteiger partial charge in [-0.15, -0.1) is 0 Å². The van der Waals surface area contributed by atoms with Crippen LogP contribution < -0.4 is 10.1 Å². The van der Waals surface area contributed by atoms with Gasteiger partial charge in [-0.1, -0.05) is 18.2 Å². The first-order valence-electron chi connectivity index (χ1n) is 6.71. The molecule has 2 rings (SSSR count). The zero-order valence-electron chi connectivity index (χ0n) is 12.2. The number of nitrogens with one attached hydrogen (secondary N) is 1. The molecule has 0 unspecified atom stereocenters. The quantitative estimate of drug-likeness (QED) is 0.911. The molecule has 20 heavy (non-hydrogen) atoms. The third-order valence-electron chi connectivity index (χ3n) is 3.67. The molecule has 1 saturated heterocycles. The largest absolute Gasteiger partial charge is 0.496 e. The minimum Gasteiger partial charge on any atom is -0.496 e. The Morgan fingerprint density at radius 3 is 2.75 bits per heavy atom. The second-order valence-electron chi connectivity index (χ2n) is 5.59. The molecule has 1 aromatic rings. The molecular formula is C14H22N2O3S. The summed E-state index contributed by atoms with van der Waals surface area (Å²) in [5, 5.41) is 3.19. The van der Waals surface area contributed by atoms with E-state index in [1.807, 2.05) is 24.3 Å². The Morgan fingerprint density at radius 2 is 2.05 bits per heavy atom. The maximum atomic E-state index is 12.7. The van der Waals surface area contributed by atoms with E-state index in [0.717, 1.165) is 11.3 Å². The van der Waals surface area contributed by atoms with Gasteiger partial charge in [0.15, 0.2) is 0 Å². The lowest BCUT2D eigenvalue weighted by molar-refractivity contribution is 0.380. The molecule has 0 amide bonds. The lowest BCUT2D eigenvalue weighted by Gasteiger charge is -2.29. The van der Waals surface area contributed by atoms with Crippen molar-refractivity contribution >= 4 is 10.0 Å². The lowest BCUT2D eigenvalue weighted by atomic mass is 10.2. The van der Waals surface area contributed by atoms with E-state index in [4.69, 9.17) is 4.74 Å². The summed E-state index contributed by atoms with van der Waals surface area (Å²) in [4.78, 5) is 0. The van der Waals surface area contributed by atoms with Gasteiger partial charge in [-0.25, -0.2) is 8.42 Å². The molecule has 0 atom stereocenters. The number of rotatable bonds is 3. The van der Waals surface area contributed by atoms with Crippen molar-refractivity contribution in [1.29, 1.82) is 0 Å². The molecule has 1 aliphatic rings. The van der Waals surface area contributed by atoms with Gasteiger partial charge in [-0.3, -0.25) is 0 Å². The van der Waals surface area contributed by atoms with Gasteiger partial charge in [-0.2, -0.15) is 4.31 Å². The summed E-state index contributed by atoms with van der Waals surface area (Å²) in [6, 6.07) is 7.53. The van der Waals surface area contributed by atoms with Gasteiger partial charge < -0.3 is 10.1 Å². The fourth-order valence-electron chi connectivity index (χ4n) is 2.34. The number of sulfonamides is 1. The number of hydrogen-bond acceptors (Lipinski definition) is 4. The normalized spacial score (nSPS) is 22.1. The fourth-order valence-corrected chi connectivity index (χ4v) is 3.97. The minimum absolute atomic E-state index is 0.345. The van der Waals surface area contributed by atoms with E-state index >= 15 is 0 Å². The standard InChI is InChI=1S/C14H22N2O3S/c1-14(2)11-15-8-9-16(20(14,17)18)10-12-6-4-5-7-13(12)19-3/h4-7,15H,8-11H2,1-3H3. The molecule has 5 nitrogen and oxygen atoms in total. The molecule has 1 heterocycles. The maximum Gasteiger partial charge on any atom is 0.220 e. The van der Waals surface area contributed by atoms with E-state index in [0.29, 0.717) is 26.2 Å². The average Bonchev–Trinajstić information content (AvgIpc) is 2.50. The van der Waals surface area contributed by atoms with Gasteiger partial charge in [0.1, 0.15) is 5.75 Å². The van der Waals surface area contributed by atoms with Crippen molar-refractivity contribution in [3.05, 3.63) is 29.8 Å². The first-order chi connectivity index (χ1) is 9.38. The number of methoxy groups -OCH3 is 1. The Morgan fingerprint density at radius 1 is 1.35 bits per heavy atom. The summed E-state index contributed by atoms with van der Waals surface area (Å²) in [5.74, 6) is 0.720. The van der Waals surface area contributed by atoms with Crippen molar-refractivity contribution in [2.45, 2.75) is 25.1 Å². The van der Waals surface area contributed by atoms with Crippen LogP contribution in [0.5, 0.6) is 5.75 Å². The molecule has 6 heteroatoms. The van der Waals surface area contributed by atoms with Crippen molar-refractivity contribution in [3.63, 3.8) is 0 Å². The summed E-state index contributed by atoms with van der Waals surface area (Å²) in [6.45, 7) is 5.47. The van der Waals surface area contributed by atoms with Crippen LogP contribution in [0.3, 0.4) is 0 Å². The average molecular weight is 298 g/mol. The second-order valence-corrected chi connectivity index (χ2v) is 8.16. The van der Waals surface area contributed by atoms with Crippen molar-refractivity contribution in [3.8, 4) is 5.75 Å². The highest BCUT2D eigenvalue weighted by Gasteiger charge is 2.40. The van der Waals surface area contributed by atoms with E-state index in [2.05, 4.69) is 5.32 Å². The highest BCUT2D eigenvalue weighted by atomic mass is 32.2. The van der Waals surface area contributed by atoms with E-state index in [9.17, 15) is 8.42 Å². The van der Waals surface area contributed by atoms with Crippen molar-refractivity contribution in [2.24, 2.45) is 0 Å². The molecule has 0 aromatic heterocycles. The number of benzene rings is 1. The molecule has 1 N–H and O–H groups in total. The molecular weight excluding hydrogens is 276 g/mol. The van der Waals surface area contributed by atoms with Crippen LogP contribution in [0.1, 0.15) is 19.4 Å². The summed E-state index contributed by atoms with van der Waals surface area (Å²) < 4.78 is 31.5. The van der Waals surface area contributed by atoms with Gasteiger partial charge in [0.2, 0.25) is 10.0 Å². The fraction of sp³-hybridized carbons (Fsp3) is 0.571. The van der Waals surface area contributed by atoms with Crippen LogP contribution in [-0.4, -0.2) is 44.2 Å². The van der Waals surface area contributed by atoms with Gasteiger partial charge in [0, 0.05) is 31.7 Å². The summed E-state index contributed by atoms with van der Waals surface area (Å²) in [6.07, 6.45) is 0. The number of para-hydroxylation sites is 1. The van der Waals surface area contributed by atoms with Gasteiger partial charge in [0.05, 0.1) is 11.9 Å². The Labute approximate surface area is 121 Å². The Kier molecular flexibility index (Phi) is 4.36. The second kappa shape index (κ2) is 5.71. The smallest absolute Gasteiger partial charge is 0.220 e. The van der Waals surface area contributed by atoms with Crippen LogP contribution in [0.2, 0.25) is 0 Å². The summed E-state index contributed by atoms with van der Waals surface area (Å²) >= 11 is 0. The van der Waals surface area contributed by atoms with Crippen LogP contribution in [0.4, 0.5) is 0 Å². The van der Waals surface area contributed by atoms with Crippen LogP contribution in [0.15, 0.2) is 24.3 Å². The van der Waals surface area contributed by atoms with Crippen LogP contribution in [-0.2, 0) is 16.6 Å².